The molecule has 3 heteroatoms. The summed E-state index contributed by atoms with van der Waals surface area (Å²) < 4.78 is 0. The van der Waals surface area contributed by atoms with Gasteiger partial charge in [0.05, 0.1) is 17.8 Å². The molecule has 0 aliphatic rings. The summed E-state index contributed by atoms with van der Waals surface area (Å²) in [5.74, 6) is 0.0837. The van der Waals surface area contributed by atoms with Crippen LogP contribution in [0.2, 0.25) is 0 Å². The van der Waals surface area contributed by atoms with Gasteiger partial charge in [-0.25, -0.2) is 0 Å². The highest BCUT2D eigenvalue weighted by Crippen LogP contribution is 2.23. The molecule has 0 aliphatic heterocycles. The van der Waals surface area contributed by atoms with E-state index in [1.807, 2.05) is 49.4 Å². The number of nitrogens with zero attached hydrogens (tertiary/aromatic N) is 1. The molecule has 0 radical (unpaired) electrons. The summed E-state index contributed by atoms with van der Waals surface area (Å²) in [6.07, 6.45) is 1.30. The maximum absolute atomic E-state index is 12.6. The van der Waals surface area contributed by atoms with E-state index >= 15 is 0 Å². The number of rotatable bonds is 5. The van der Waals surface area contributed by atoms with E-state index in [0.717, 1.165) is 17.7 Å². The molecule has 0 unspecified atom stereocenters. The molecule has 110 valence electrons. The number of hydrogen-bond donors (Lipinski definition) is 1. The highest BCUT2D eigenvalue weighted by molar-refractivity contribution is 5.97. The number of para-hydroxylation sites is 2. The van der Waals surface area contributed by atoms with Crippen LogP contribution in [0.1, 0.15) is 24.5 Å². The van der Waals surface area contributed by atoms with E-state index in [1.54, 1.807) is 4.90 Å². The van der Waals surface area contributed by atoms with Gasteiger partial charge in [0.15, 0.2) is 0 Å². The molecule has 0 atom stereocenters. The molecule has 2 aromatic rings. The largest absolute Gasteiger partial charge is 0.397 e. The van der Waals surface area contributed by atoms with Gasteiger partial charge in [0.25, 0.3) is 0 Å². The molecular formula is C18H22N2O. The first-order valence-corrected chi connectivity index (χ1v) is 7.32. The van der Waals surface area contributed by atoms with E-state index in [4.69, 9.17) is 5.73 Å². The Morgan fingerprint density at radius 3 is 2.57 bits per heavy atom. The molecular weight excluding hydrogens is 260 g/mol. The Bertz CT molecular complexity index is 622. The number of nitrogen functional groups attached to an aromatic ring is 1. The minimum Gasteiger partial charge on any atom is -0.397 e. The van der Waals surface area contributed by atoms with Crippen molar-refractivity contribution < 1.29 is 4.79 Å². The lowest BCUT2D eigenvalue weighted by molar-refractivity contribution is -0.118. The Hall–Kier alpha value is -2.29. The number of carbonyl (C=O) groups excluding carboxylic acids is 1. The van der Waals surface area contributed by atoms with Crippen LogP contribution in [0.5, 0.6) is 0 Å². The number of benzene rings is 2. The first-order chi connectivity index (χ1) is 10.1. The van der Waals surface area contributed by atoms with Crippen molar-refractivity contribution in [3.63, 3.8) is 0 Å². The molecule has 0 saturated carbocycles. The number of nitrogens with two attached hydrogens (primary N) is 1. The van der Waals surface area contributed by atoms with E-state index in [-0.39, 0.29) is 5.91 Å². The highest BCUT2D eigenvalue weighted by atomic mass is 16.2. The second kappa shape index (κ2) is 6.93. The molecule has 0 saturated heterocycles. The smallest absolute Gasteiger partial charge is 0.231 e. The van der Waals surface area contributed by atoms with Crippen LogP contribution in [0.4, 0.5) is 11.4 Å². The average molecular weight is 282 g/mol. The van der Waals surface area contributed by atoms with Crippen LogP contribution < -0.4 is 10.6 Å². The van der Waals surface area contributed by atoms with Gasteiger partial charge in [-0.15, -0.1) is 0 Å². The van der Waals surface area contributed by atoms with Crippen molar-refractivity contribution in [1.29, 1.82) is 0 Å². The third-order valence-corrected chi connectivity index (χ3v) is 3.41. The van der Waals surface area contributed by atoms with Crippen LogP contribution in [-0.2, 0) is 11.2 Å². The van der Waals surface area contributed by atoms with E-state index in [0.29, 0.717) is 18.7 Å². The van der Waals surface area contributed by atoms with Gasteiger partial charge in [-0.2, -0.15) is 0 Å². The number of aryl methyl sites for hydroxylation is 1. The minimum atomic E-state index is 0.0837. The van der Waals surface area contributed by atoms with Gasteiger partial charge < -0.3 is 10.6 Å². The average Bonchev–Trinajstić information content (AvgIpc) is 2.45. The van der Waals surface area contributed by atoms with Gasteiger partial charge in [-0.1, -0.05) is 48.9 Å². The first-order valence-electron chi connectivity index (χ1n) is 7.32. The lowest BCUT2D eigenvalue weighted by atomic mass is 10.1. The van der Waals surface area contributed by atoms with Crippen molar-refractivity contribution in [3.8, 4) is 0 Å². The van der Waals surface area contributed by atoms with Gasteiger partial charge in [-0.3, -0.25) is 4.79 Å². The third-order valence-electron chi connectivity index (χ3n) is 3.41. The van der Waals surface area contributed by atoms with Crippen molar-refractivity contribution in [3.05, 3.63) is 59.7 Å². The Morgan fingerprint density at radius 2 is 1.90 bits per heavy atom. The van der Waals surface area contributed by atoms with Crippen molar-refractivity contribution in [2.45, 2.75) is 26.7 Å². The maximum atomic E-state index is 12.6. The lowest BCUT2D eigenvalue weighted by Crippen LogP contribution is -2.33. The van der Waals surface area contributed by atoms with Crippen LogP contribution in [0.3, 0.4) is 0 Å². The van der Waals surface area contributed by atoms with Gasteiger partial charge in [0, 0.05) is 6.54 Å². The second-order valence-corrected chi connectivity index (χ2v) is 5.27. The third kappa shape index (κ3) is 3.85. The summed E-state index contributed by atoms with van der Waals surface area (Å²) in [6.45, 7) is 4.78. The Morgan fingerprint density at radius 1 is 1.14 bits per heavy atom. The molecule has 3 nitrogen and oxygen atoms in total. The van der Waals surface area contributed by atoms with E-state index in [1.165, 1.54) is 5.56 Å². The fourth-order valence-electron chi connectivity index (χ4n) is 2.43. The van der Waals surface area contributed by atoms with Crippen molar-refractivity contribution in [1.82, 2.24) is 0 Å². The lowest BCUT2D eigenvalue weighted by Gasteiger charge is -2.24. The fraction of sp³-hybridized carbons (Fsp3) is 0.278. The predicted octanol–water partition coefficient (Wildman–Crippen LogP) is 3.56. The zero-order valence-corrected chi connectivity index (χ0v) is 12.7. The van der Waals surface area contributed by atoms with Crippen LogP contribution >= 0.6 is 0 Å². The monoisotopic (exact) mass is 282 g/mol. The van der Waals surface area contributed by atoms with Gasteiger partial charge >= 0.3 is 0 Å². The van der Waals surface area contributed by atoms with Crippen LogP contribution in [0.25, 0.3) is 0 Å². The van der Waals surface area contributed by atoms with Crippen LogP contribution in [0, 0.1) is 6.92 Å². The summed E-state index contributed by atoms with van der Waals surface area (Å²) in [5.41, 5.74) is 9.66. The normalized spacial score (nSPS) is 10.4. The molecule has 0 fully saturated rings. The molecule has 0 aromatic heterocycles. The quantitative estimate of drug-likeness (QED) is 0.852. The molecule has 2 N–H and O–H groups in total. The van der Waals surface area contributed by atoms with E-state index in [2.05, 4.69) is 13.0 Å². The minimum absolute atomic E-state index is 0.0837. The van der Waals surface area contributed by atoms with Crippen LogP contribution in [0.15, 0.2) is 48.5 Å². The topological polar surface area (TPSA) is 46.3 Å². The second-order valence-electron chi connectivity index (χ2n) is 5.27. The van der Waals surface area contributed by atoms with Gasteiger partial charge in [-0.05, 0) is 31.0 Å². The molecule has 0 heterocycles. The Labute approximate surface area is 126 Å². The van der Waals surface area contributed by atoms with E-state index < -0.39 is 0 Å². The summed E-state index contributed by atoms with van der Waals surface area (Å²) in [7, 11) is 0. The number of carbonyl (C=O) groups is 1. The zero-order valence-electron chi connectivity index (χ0n) is 12.7. The molecule has 0 spiro atoms. The molecule has 2 aromatic carbocycles. The van der Waals surface area contributed by atoms with Crippen molar-refractivity contribution >= 4 is 17.3 Å². The SMILES string of the molecule is CCCN(C(=O)Cc1cccc(C)c1)c1ccccc1N. The fourth-order valence-corrected chi connectivity index (χ4v) is 2.43. The van der Waals surface area contributed by atoms with Crippen molar-refractivity contribution in [2.24, 2.45) is 0 Å². The number of hydrogen-bond acceptors (Lipinski definition) is 2. The molecule has 2 rings (SSSR count). The standard InChI is InChI=1S/C18H22N2O/c1-3-11-20(17-10-5-4-9-16(17)19)18(21)13-15-8-6-7-14(2)12-15/h4-10,12H,3,11,13,19H2,1-2H3. The maximum Gasteiger partial charge on any atom is 0.231 e. The first kappa shape index (κ1) is 15.1. The van der Waals surface area contributed by atoms with Gasteiger partial charge in [0.2, 0.25) is 5.91 Å². The predicted molar refractivity (Wildman–Crippen MR) is 88.4 cm³/mol. The summed E-state index contributed by atoms with van der Waals surface area (Å²) >= 11 is 0. The summed E-state index contributed by atoms with van der Waals surface area (Å²) in [5, 5.41) is 0. The molecule has 0 bridgehead atoms. The molecule has 1 amide bonds. The Kier molecular flexibility index (Phi) is 4.99. The highest BCUT2D eigenvalue weighted by Gasteiger charge is 2.17. The summed E-state index contributed by atoms with van der Waals surface area (Å²) in [4.78, 5) is 14.4. The van der Waals surface area contributed by atoms with Crippen molar-refractivity contribution in [2.75, 3.05) is 17.2 Å². The zero-order chi connectivity index (χ0) is 15.2. The number of amides is 1. The summed E-state index contributed by atoms with van der Waals surface area (Å²) in [6, 6.07) is 15.6. The molecule has 0 aliphatic carbocycles. The number of anilines is 2. The van der Waals surface area contributed by atoms with E-state index in [9.17, 15) is 4.79 Å². The Balaban J connectivity index is 2.22. The molecule has 21 heavy (non-hydrogen) atoms. The van der Waals surface area contributed by atoms with Gasteiger partial charge in [0.1, 0.15) is 0 Å². The van der Waals surface area contributed by atoms with Crippen LogP contribution in [-0.4, -0.2) is 12.5 Å².